The van der Waals surface area contributed by atoms with Crippen molar-refractivity contribution in [3.63, 3.8) is 0 Å². The van der Waals surface area contributed by atoms with E-state index in [4.69, 9.17) is 23.2 Å². The normalized spacial score (nSPS) is 13.5. The van der Waals surface area contributed by atoms with Gasteiger partial charge in [0.25, 0.3) is 5.91 Å². The van der Waals surface area contributed by atoms with E-state index >= 15 is 0 Å². The number of carbonyl (C=O) groups excluding carboxylic acids is 2. The van der Waals surface area contributed by atoms with Crippen molar-refractivity contribution in [1.82, 2.24) is 10.2 Å². The van der Waals surface area contributed by atoms with Crippen LogP contribution in [0.25, 0.3) is 0 Å². The van der Waals surface area contributed by atoms with Crippen molar-refractivity contribution < 1.29 is 9.59 Å². The molecule has 2 aromatic rings. The minimum absolute atomic E-state index is 0.0572. The molecule has 0 bridgehead atoms. The molecule has 28 heavy (non-hydrogen) atoms. The zero-order valence-electron chi connectivity index (χ0n) is 16.0. The number of halogens is 2. The summed E-state index contributed by atoms with van der Waals surface area (Å²) in [5.74, 6) is 0.00560. The monoisotopic (exact) mass is 418 g/mol. The zero-order chi connectivity index (χ0) is 20.3. The van der Waals surface area contributed by atoms with E-state index in [-0.39, 0.29) is 29.4 Å². The van der Waals surface area contributed by atoms with Gasteiger partial charge in [0.2, 0.25) is 5.91 Å². The third-order valence-corrected chi connectivity index (χ3v) is 5.43. The van der Waals surface area contributed by atoms with Crippen molar-refractivity contribution in [2.75, 3.05) is 6.54 Å². The summed E-state index contributed by atoms with van der Waals surface area (Å²) in [5, 5.41) is 3.40. The molecule has 0 heterocycles. The van der Waals surface area contributed by atoms with Crippen LogP contribution in [0.1, 0.15) is 54.1 Å². The van der Waals surface area contributed by atoms with Crippen LogP contribution < -0.4 is 5.32 Å². The number of carbonyl (C=O) groups is 2. The Bertz CT molecular complexity index is 861. The van der Waals surface area contributed by atoms with Crippen molar-refractivity contribution in [2.24, 2.45) is 0 Å². The van der Waals surface area contributed by atoms with Crippen LogP contribution >= 0.6 is 23.2 Å². The number of hydrogen-bond acceptors (Lipinski definition) is 2. The van der Waals surface area contributed by atoms with Gasteiger partial charge in [-0.1, -0.05) is 61.3 Å². The van der Waals surface area contributed by atoms with E-state index in [0.29, 0.717) is 23.0 Å². The molecule has 148 valence electrons. The minimum atomic E-state index is -0.382. The van der Waals surface area contributed by atoms with Gasteiger partial charge >= 0.3 is 0 Å². The van der Waals surface area contributed by atoms with E-state index in [1.807, 2.05) is 4.90 Å². The van der Waals surface area contributed by atoms with E-state index in [9.17, 15) is 9.59 Å². The van der Waals surface area contributed by atoms with Crippen molar-refractivity contribution in [3.05, 3.63) is 69.2 Å². The van der Waals surface area contributed by atoms with Gasteiger partial charge in [0, 0.05) is 17.6 Å². The lowest BCUT2D eigenvalue weighted by Gasteiger charge is -2.23. The summed E-state index contributed by atoms with van der Waals surface area (Å²) in [7, 11) is 0. The first-order valence-electron chi connectivity index (χ1n) is 9.46. The molecule has 0 atom stereocenters. The standard InChI is InChI=1S/C22H24Cl2N2O2/c1-14(2)16-5-3-15(4-6-16)13-26(18-8-9-18)21(27)12-25-22(28)19-10-7-17(23)11-20(19)24/h3-7,10-11,14,18H,8-9,12-13H2,1-2H3,(H,25,28). The molecule has 0 aliphatic heterocycles. The molecule has 3 rings (SSSR count). The number of benzene rings is 2. The fourth-order valence-electron chi connectivity index (χ4n) is 3.04. The maximum absolute atomic E-state index is 12.7. The third kappa shape index (κ3) is 5.27. The van der Waals surface area contributed by atoms with Crippen molar-refractivity contribution in [3.8, 4) is 0 Å². The largest absolute Gasteiger partial charge is 0.343 e. The first-order valence-corrected chi connectivity index (χ1v) is 10.2. The molecule has 0 unspecified atom stereocenters. The smallest absolute Gasteiger partial charge is 0.253 e. The highest BCUT2D eigenvalue weighted by atomic mass is 35.5. The number of hydrogen-bond donors (Lipinski definition) is 1. The molecule has 1 aliphatic carbocycles. The molecule has 1 aliphatic rings. The molecule has 2 aromatic carbocycles. The Morgan fingerprint density at radius 1 is 1.11 bits per heavy atom. The Morgan fingerprint density at radius 2 is 1.79 bits per heavy atom. The maximum Gasteiger partial charge on any atom is 0.253 e. The molecular formula is C22H24Cl2N2O2. The summed E-state index contributed by atoms with van der Waals surface area (Å²) in [4.78, 5) is 26.9. The lowest BCUT2D eigenvalue weighted by Crippen LogP contribution is -2.41. The highest BCUT2D eigenvalue weighted by Crippen LogP contribution is 2.29. The highest BCUT2D eigenvalue weighted by Gasteiger charge is 2.32. The third-order valence-electron chi connectivity index (χ3n) is 4.88. The number of nitrogens with zero attached hydrogens (tertiary/aromatic N) is 1. The molecule has 6 heteroatoms. The van der Waals surface area contributed by atoms with Gasteiger partial charge in [-0.3, -0.25) is 9.59 Å². The van der Waals surface area contributed by atoms with E-state index in [2.05, 4.69) is 43.4 Å². The lowest BCUT2D eigenvalue weighted by molar-refractivity contribution is -0.131. The van der Waals surface area contributed by atoms with E-state index in [1.54, 1.807) is 12.1 Å². The Kier molecular flexibility index (Phi) is 6.63. The van der Waals surface area contributed by atoms with E-state index < -0.39 is 0 Å². The Labute approximate surface area is 175 Å². The van der Waals surface area contributed by atoms with Gasteiger partial charge in [-0.15, -0.1) is 0 Å². The van der Waals surface area contributed by atoms with E-state index in [1.165, 1.54) is 11.6 Å². The molecule has 0 radical (unpaired) electrons. The summed E-state index contributed by atoms with van der Waals surface area (Å²) < 4.78 is 0. The summed E-state index contributed by atoms with van der Waals surface area (Å²) in [6.45, 7) is 4.81. The van der Waals surface area contributed by atoms with Gasteiger partial charge in [0.1, 0.15) is 0 Å². The summed E-state index contributed by atoms with van der Waals surface area (Å²) in [6, 6.07) is 13.3. The Hall–Kier alpha value is -2.04. The second-order valence-corrected chi connectivity index (χ2v) is 8.30. The fourth-order valence-corrected chi connectivity index (χ4v) is 3.53. The van der Waals surface area contributed by atoms with Crippen LogP contribution in [-0.2, 0) is 11.3 Å². The van der Waals surface area contributed by atoms with Gasteiger partial charge in [0.15, 0.2) is 0 Å². The summed E-state index contributed by atoms with van der Waals surface area (Å²) >= 11 is 11.9. The van der Waals surface area contributed by atoms with Crippen LogP contribution in [-0.4, -0.2) is 29.3 Å². The average molecular weight is 419 g/mol. The second-order valence-electron chi connectivity index (χ2n) is 7.46. The lowest BCUT2D eigenvalue weighted by atomic mass is 10.0. The van der Waals surface area contributed by atoms with Gasteiger partial charge in [-0.2, -0.15) is 0 Å². The average Bonchev–Trinajstić information content (AvgIpc) is 3.49. The zero-order valence-corrected chi connectivity index (χ0v) is 17.6. The van der Waals surface area contributed by atoms with Crippen molar-refractivity contribution in [1.29, 1.82) is 0 Å². The quantitative estimate of drug-likeness (QED) is 0.684. The van der Waals surface area contributed by atoms with Crippen molar-refractivity contribution in [2.45, 2.75) is 45.2 Å². The van der Waals surface area contributed by atoms with Crippen LogP contribution in [0.4, 0.5) is 0 Å². The van der Waals surface area contributed by atoms with Crippen LogP contribution in [0.5, 0.6) is 0 Å². The van der Waals surface area contributed by atoms with E-state index in [0.717, 1.165) is 18.4 Å². The molecule has 1 N–H and O–H groups in total. The predicted octanol–water partition coefficient (Wildman–Crippen LogP) is 5.04. The number of amides is 2. The first-order chi connectivity index (χ1) is 13.3. The molecule has 0 saturated heterocycles. The first kappa shape index (κ1) is 20.7. The summed E-state index contributed by atoms with van der Waals surface area (Å²) in [6.07, 6.45) is 2.01. The topological polar surface area (TPSA) is 49.4 Å². The molecule has 1 fully saturated rings. The SMILES string of the molecule is CC(C)c1ccc(CN(C(=O)CNC(=O)c2ccc(Cl)cc2Cl)C2CC2)cc1. The van der Waals surface area contributed by atoms with Crippen LogP contribution in [0.3, 0.4) is 0 Å². The number of nitrogens with one attached hydrogen (secondary N) is 1. The second kappa shape index (κ2) is 8.97. The molecule has 4 nitrogen and oxygen atoms in total. The Morgan fingerprint density at radius 3 is 2.36 bits per heavy atom. The molecule has 2 amide bonds. The van der Waals surface area contributed by atoms with Crippen LogP contribution in [0.15, 0.2) is 42.5 Å². The summed E-state index contributed by atoms with van der Waals surface area (Å²) in [5.41, 5.74) is 2.68. The highest BCUT2D eigenvalue weighted by molar-refractivity contribution is 6.36. The van der Waals surface area contributed by atoms with Crippen LogP contribution in [0.2, 0.25) is 10.0 Å². The Balaban J connectivity index is 1.61. The van der Waals surface area contributed by atoms with Gasteiger partial charge in [-0.25, -0.2) is 0 Å². The van der Waals surface area contributed by atoms with Crippen molar-refractivity contribution >= 4 is 35.0 Å². The number of rotatable bonds is 7. The van der Waals surface area contributed by atoms with Gasteiger partial charge < -0.3 is 10.2 Å². The van der Waals surface area contributed by atoms with Gasteiger partial charge in [-0.05, 0) is 48.1 Å². The fraction of sp³-hybridized carbons (Fsp3) is 0.364. The molecular weight excluding hydrogens is 395 g/mol. The molecule has 0 aromatic heterocycles. The maximum atomic E-state index is 12.7. The minimum Gasteiger partial charge on any atom is -0.343 e. The predicted molar refractivity (Wildman–Crippen MR) is 113 cm³/mol. The molecule has 0 spiro atoms. The molecule has 1 saturated carbocycles. The van der Waals surface area contributed by atoms with Gasteiger partial charge in [0.05, 0.1) is 17.1 Å². The van der Waals surface area contributed by atoms with Crippen LogP contribution in [0, 0.1) is 0 Å².